The van der Waals surface area contributed by atoms with Gasteiger partial charge in [0.2, 0.25) is 0 Å². The molecule has 0 bridgehead atoms. The number of hydrogen-bond acceptors (Lipinski definition) is 3. The Balaban J connectivity index is 0.00000128. The molecule has 0 spiro atoms. The van der Waals surface area contributed by atoms with Gasteiger partial charge in [0.15, 0.2) is 0 Å². The van der Waals surface area contributed by atoms with Gasteiger partial charge in [0, 0.05) is 42.6 Å². The summed E-state index contributed by atoms with van der Waals surface area (Å²) in [4.78, 5) is 8.45. The minimum Gasteiger partial charge on any atom is -0.306 e. The van der Waals surface area contributed by atoms with Crippen molar-refractivity contribution in [1.29, 1.82) is 0 Å². The molecule has 0 aliphatic rings. The fourth-order valence-electron chi connectivity index (χ4n) is 1.32. The Bertz CT molecular complexity index is 352. The van der Waals surface area contributed by atoms with Crippen LogP contribution in [0.3, 0.4) is 0 Å². The van der Waals surface area contributed by atoms with E-state index >= 15 is 0 Å². The summed E-state index contributed by atoms with van der Waals surface area (Å²) in [5.74, 6) is 0. The molecule has 1 radical (unpaired) electrons. The second-order valence-corrected chi connectivity index (χ2v) is 3.25. The van der Waals surface area contributed by atoms with Crippen molar-refractivity contribution in [3.8, 4) is 0 Å². The van der Waals surface area contributed by atoms with Gasteiger partial charge in [-0.1, -0.05) is 12.1 Å². The van der Waals surface area contributed by atoms with Crippen molar-refractivity contribution in [2.45, 2.75) is 13.1 Å². The Morgan fingerprint density at radius 3 is 1.69 bits per heavy atom. The van der Waals surface area contributed by atoms with Gasteiger partial charge >= 0.3 is 0 Å². The maximum absolute atomic E-state index is 4.23. The number of rotatable bonds is 4. The maximum atomic E-state index is 4.23. The van der Waals surface area contributed by atoms with Gasteiger partial charge in [-0.3, -0.25) is 9.97 Å². The van der Waals surface area contributed by atoms with Gasteiger partial charge in [0.1, 0.15) is 0 Å². The van der Waals surface area contributed by atoms with E-state index in [1.165, 1.54) is 0 Å². The molecule has 16 heavy (non-hydrogen) atoms. The minimum atomic E-state index is 0. The molecule has 0 aliphatic carbocycles. The molecule has 1 N–H and O–H groups in total. The van der Waals surface area contributed by atoms with Crippen LogP contribution in [-0.2, 0) is 30.2 Å². The molecule has 0 fully saturated rings. The van der Waals surface area contributed by atoms with Crippen molar-refractivity contribution in [1.82, 2.24) is 15.3 Å². The van der Waals surface area contributed by atoms with Crippen LogP contribution in [0.15, 0.2) is 48.8 Å². The zero-order valence-electron chi connectivity index (χ0n) is 8.73. The summed E-state index contributed by atoms with van der Waals surface area (Å²) in [5.41, 5.74) is 2.10. The molecule has 0 aliphatic heterocycles. The van der Waals surface area contributed by atoms with Gasteiger partial charge < -0.3 is 5.32 Å². The van der Waals surface area contributed by atoms with Crippen LogP contribution < -0.4 is 5.32 Å². The van der Waals surface area contributed by atoms with Crippen molar-refractivity contribution in [3.63, 3.8) is 0 Å². The first-order valence-corrected chi connectivity index (χ1v) is 4.96. The first-order chi connectivity index (χ1) is 7.45. The van der Waals surface area contributed by atoms with Crippen molar-refractivity contribution in [3.05, 3.63) is 60.2 Å². The van der Waals surface area contributed by atoms with Crippen LogP contribution in [-0.4, -0.2) is 9.97 Å². The molecule has 0 saturated heterocycles. The molecule has 2 heterocycles. The van der Waals surface area contributed by atoms with E-state index in [9.17, 15) is 0 Å². The summed E-state index contributed by atoms with van der Waals surface area (Å²) in [6.45, 7) is 1.55. The number of nitrogens with zero attached hydrogens (tertiary/aromatic N) is 2. The average molecular weight is 263 g/mol. The second kappa shape index (κ2) is 7.12. The fraction of sp³-hybridized carbons (Fsp3) is 0.167. The SMILES string of the molecule is [Cu].c1ccc(CNCc2ccccn2)nc1. The van der Waals surface area contributed by atoms with Crippen LogP contribution in [0.2, 0.25) is 0 Å². The summed E-state index contributed by atoms with van der Waals surface area (Å²) < 4.78 is 0. The van der Waals surface area contributed by atoms with Crippen LogP contribution in [0.1, 0.15) is 11.4 Å². The van der Waals surface area contributed by atoms with E-state index in [4.69, 9.17) is 0 Å². The Labute approximate surface area is 106 Å². The smallest absolute Gasteiger partial charge is 0.0541 e. The number of aromatic nitrogens is 2. The predicted molar refractivity (Wildman–Crippen MR) is 59.0 cm³/mol. The molecule has 4 heteroatoms. The van der Waals surface area contributed by atoms with Crippen molar-refractivity contribution < 1.29 is 17.1 Å². The molecule has 2 aromatic heterocycles. The van der Waals surface area contributed by atoms with Crippen LogP contribution in [0.25, 0.3) is 0 Å². The van der Waals surface area contributed by atoms with E-state index < -0.39 is 0 Å². The Hall–Kier alpha value is -1.22. The van der Waals surface area contributed by atoms with Crippen LogP contribution in [0.4, 0.5) is 0 Å². The largest absolute Gasteiger partial charge is 0.306 e. The Morgan fingerprint density at radius 1 is 0.812 bits per heavy atom. The monoisotopic (exact) mass is 262 g/mol. The normalized spacial score (nSPS) is 9.50. The first kappa shape index (κ1) is 12.8. The zero-order valence-corrected chi connectivity index (χ0v) is 9.67. The van der Waals surface area contributed by atoms with E-state index in [-0.39, 0.29) is 17.1 Å². The average Bonchev–Trinajstić information content (AvgIpc) is 2.32. The zero-order chi connectivity index (χ0) is 10.3. The van der Waals surface area contributed by atoms with E-state index in [1.807, 2.05) is 36.4 Å². The molecule has 2 rings (SSSR count). The molecule has 0 unspecified atom stereocenters. The van der Waals surface area contributed by atoms with Crippen molar-refractivity contribution in [2.24, 2.45) is 0 Å². The predicted octanol–water partition coefficient (Wildman–Crippen LogP) is 1.76. The van der Waals surface area contributed by atoms with Crippen LogP contribution in [0.5, 0.6) is 0 Å². The number of nitrogens with one attached hydrogen (secondary N) is 1. The molecule has 0 saturated carbocycles. The maximum Gasteiger partial charge on any atom is 0.0541 e. The molecular weight excluding hydrogens is 250 g/mol. The van der Waals surface area contributed by atoms with Gasteiger partial charge in [-0.15, -0.1) is 0 Å². The number of hydrogen-bond donors (Lipinski definition) is 1. The third-order valence-corrected chi connectivity index (χ3v) is 2.06. The van der Waals surface area contributed by atoms with E-state index in [0.29, 0.717) is 0 Å². The van der Waals surface area contributed by atoms with Crippen LogP contribution in [0, 0.1) is 0 Å². The summed E-state index contributed by atoms with van der Waals surface area (Å²) >= 11 is 0. The summed E-state index contributed by atoms with van der Waals surface area (Å²) in [5, 5.41) is 3.29. The molecule has 0 aromatic carbocycles. The quantitative estimate of drug-likeness (QED) is 0.854. The Kier molecular flexibility index (Phi) is 5.72. The van der Waals surface area contributed by atoms with E-state index in [0.717, 1.165) is 24.5 Å². The summed E-state index contributed by atoms with van der Waals surface area (Å²) in [7, 11) is 0. The van der Waals surface area contributed by atoms with Gasteiger partial charge in [0.25, 0.3) is 0 Å². The van der Waals surface area contributed by atoms with E-state index in [1.54, 1.807) is 12.4 Å². The van der Waals surface area contributed by atoms with Crippen LogP contribution >= 0.6 is 0 Å². The van der Waals surface area contributed by atoms with Gasteiger partial charge in [0.05, 0.1) is 11.4 Å². The molecule has 87 valence electrons. The fourth-order valence-corrected chi connectivity index (χ4v) is 1.32. The second-order valence-electron chi connectivity index (χ2n) is 3.25. The minimum absolute atomic E-state index is 0. The van der Waals surface area contributed by atoms with Crippen molar-refractivity contribution >= 4 is 0 Å². The molecular formula is C12H13CuN3. The van der Waals surface area contributed by atoms with Crippen molar-refractivity contribution in [2.75, 3.05) is 0 Å². The third kappa shape index (κ3) is 4.11. The third-order valence-electron chi connectivity index (χ3n) is 2.06. The molecule has 3 nitrogen and oxygen atoms in total. The standard InChI is InChI=1S/C12H13N3.Cu/c1-3-7-14-11(5-1)9-13-10-12-6-2-4-8-15-12;/h1-8,13H,9-10H2;. The van der Waals surface area contributed by atoms with Gasteiger partial charge in [-0.2, -0.15) is 0 Å². The van der Waals surface area contributed by atoms with Gasteiger partial charge in [-0.25, -0.2) is 0 Å². The van der Waals surface area contributed by atoms with E-state index in [2.05, 4.69) is 15.3 Å². The molecule has 0 atom stereocenters. The summed E-state index contributed by atoms with van der Waals surface area (Å²) in [6, 6.07) is 11.8. The first-order valence-electron chi connectivity index (χ1n) is 4.96. The number of pyridine rings is 2. The topological polar surface area (TPSA) is 37.8 Å². The molecule has 0 amide bonds. The summed E-state index contributed by atoms with van der Waals surface area (Å²) in [6.07, 6.45) is 3.61. The Morgan fingerprint density at radius 2 is 1.31 bits per heavy atom. The van der Waals surface area contributed by atoms with Gasteiger partial charge in [-0.05, 0) is 24.3 Å². The molecule has 2 aromatic rings.